The smallest absolute Gasteiger partial charge is 0.161 e. The predicted molar refractivity (Wildman–Crippen MR) is 84.0 cm³/mol. The molecule has 1 saturated heterocycles. The zero-order valence-electron chi connectivity index (χ0n) is 13.9. The summed E-state index contributed by atoms with van der Waals surface area (Å²) in [7, 11) is 3.60. The van der Waals surface area contributed by atoms with Crippen LogP contribution in [0.3, 0.4) is 0 Å². The molecule has 0 radical (unpaired) electrons. The summed E-state index contributed by atoms with van der Waals surface area (Å²) in [6.45, 7) is 9.17. The number of hydrogen-bond acceptors (Lipinski definition) is 4. The third kappa shape index (κ3) is 3.69. The van der Waals surface area contributed by atoms with E-state index in [1.54, 1.807) is 7.11 Å². The number of rotatable bonds is 5. The fourth-order valence-corrected chi connectivity index (χ4v) is 2.97. The molecule has 1 aliphatic rings. The molecule has 4 nitrogen and oxygen atoms in total. The van der Waals surface area contributed by atoms with Gasteiger partial charge in [-0.15, -0.1) is 0 Å². The molecule has 0 bridgehead atoms. The summed E-state index contributed by atoms with van der Waals surface area (Å²) in [5.74, 6) is 1.54. The number of hydrogen-bond donors (Lipinski definition) is 1. The highest BCUT2D eigenvalue weighted by atomic mass is 16.6. The second-order valence-corrected chi connectivity index (χ2v) is 6.79. The van der Waals surface area contributed by atoms with Crippen molar-refractivity contribution < 1.29 is 14.2 Å². The van der Waals surface area contributed by atoms with Gasteiger partial charge in [0, 0.05) is 13.0 Å². The highest BCUT2D eigenvalue weighted by Gasteiger charge is 2.47. The maximum atomic E-state index is 6.21. The molecule has 0 spiro atoms. The maximum Gasteiger partial charge on any atom is 0.161 e. The van der Waals surface area contributed by atoms with Crippen molar-refractivity contribution >= 4 is 0 Å². The van der Waals surface area contributed by atoms with Crippen LogP contribution in [0.4, 0.5) is 0 Å². The van der Waals surface area contributed by atoms with Crippen LogP contribution < -0.4 is 14.8 Å². The van der Waals surface area contributed by atoms with Gasteiger partial charge in [-0.05, 0) is 52.4 Å². The first-order chi connectivity index (χ1) is 9.77. The lowest BCUT2D eigenvalue weighted by molar-refractivity contribution is -0.0847. The van der Waals surface area contributed by atoms with Crippen molar-refractivity contribution in [3.63, 3.8) is 0 Å². The van der Waals surface area contributed by atoms with Crippen LogP contribution in [0, 0.1) is 0 Å². The fraction of sp³-hybridized carbons (Fsp3) is 0.647. The first kappa shape index (κ1) is 16.1. The number of ether oxygens (including phenoxy) is 3. The average Bonchev–Trinajstić information content (AvgIpc) is 2.59. The summed E-state index contributed by atoms with van der Waals surface area (Å²) in [4.78, 5) is 0. The molecule has 0 saturated carbocycles. The minimum atomic E-state index is -0.307. The molecule has 2 rings (SSSR count). The van der Waals surface area contributed by atoms with E-state index in [1.165, 1.54) is 5.56 Å². The van der Waals surface area contributed by atoms with Gasteiger partial charge < -0.3 is 19.5 Å². The Morgan fingerprint density at radius 3 is 2.48 bits per heavy atom. The average molecular weight is 293 g/mol. The Morgan fingerprint density at radius 2 is 1.95 bits per heavy atom. The van der Waals surface area contributed by atoms with Gasteiger partial charge in [-0.25, -0.2) is 0 Å². The highest BCUT2D eigenvalue weighted by molar-refractivity contribution is 5.43. The Hall–Kier alpha value is -1.26. The second kappa shape index (κ2) is 5.85. The van der Waals surface area contributed by atoms with Gasteiger partial charge in [0.1, 0.15) is 11.7 Å². The second-order valence-electron chi connectivity index (χ2n) is 6.79. The van der Waals surface area contributed by atoms with Crippen molar-refractivity contribution in [1.82, 2.24) is 5.32 Å². The Kier molecular flexibility index (Phi) is 4.49. The molecule has 1 aliphatic heterocycles. The molecule has 0 aliphatic carbocycles. The SMILES string of the molecule is CNCc1ccc(OC2CC(C)(C)OC2(C)C)c(OC)c1. The van der Waals surface area contributed by atoms with Crippen molar-refractivity contribution in [1.29, 1.82) is 0 Å². The van der Waals surface area contributed by atoms with Crippen molar-refractivity contribution in [2.24, 2.45) is 0 Å². The van der Waals surface area contributed by atoms with Crippen molar-refractivity contribution in [3.8, 4) is 11.5 Å². The zero-order valence-corrected chi connectivity index (χ0v) is 13.9. The Labute approximate surface area is 127 Å². The summed E-state index contributed by atoms with van der Waals surface area (Å²) < 4.78 is 17.8. The Bertz CT molecular complexity index is 497. The largest absolute Gasteiger partial charge is 0.493 e. The summed E-state index contributed by atoms with van der Waals surface area (Å²) in [5, 5.41) is 3.14. The van der Waals surface area contributed by atoms with Gasteiger partial charge in [0.15, 0.2) is 11.5 Å². The first-order valence-corrected chi connectivity index (χ1v) is 7.46. The van der Waals surface area contributed by atoms with Gasteiger partial charge in [0.2, 0.25) is 0 Å². The lowest BCUT2D eigenvalue weighted by Gasteiger charge is -2.28. The number of methoxy groups -OCH3 is 1. The summed E-state index contributed by atoms with van der Waals surface area (Å²) in [6.07, 6.45) is 0.873. The first-order valence-electron chi connectivity index (χ1n) is 7.46. The van der Waals surface area contributed by atoms with Crippen molar-refractivity contribution in [2.75, 3.05) is 14.2 Å². The van der Waals surface area contributed by atoms with E-state index in [0.717, 1.165) is 24.5 Å². The summed E-state index contributed by atoms with van der Waals surface area (Å²) >= 11 is 0. The third-order valence-corrected chi connectivity index (χ3v) is 3.87. The quantitative estimate of drug-likeness (QED) is 0.905. The molecule has 0 amide bonds. The molecule has 1 fully saturated rings. The molecular formula is C17H27NO3. The normalized spacial score (nSPS) is 23.0. The standard InChI is InChI=1S/C17H27NO3/c1-16(2)10-15(17(3,4)21-16)20-13-8-7-12(11-18-5)9-14(13)19-6/h7-9,15,18H,10-11H2,1-6H3. The monoisotopic (exact) mass is 293 g/mol. The van der Waals surface area contributed by atoms with E-state index in [0.29, 0.717) is 0 Å². The Balaban J connectivity index is 2.19. The van der Waals surface area contributed by atoms with Crippen LogP contribution in [0.1, 0.15) is 39.7 Å². The van der Waals surface area contributed by atoms with E-state index in [1.807, 2.05) is 19.2 Å². The van der Waals surface area contributed by atoms with E-state index in [-0.39, 0.29) is 17.3 Å². The van der Waals surface area contributed by atoms with Crippen LogP contribution in [0.2, 0.25) is 0 Å². The van der Waals surface area contributed by atoms with Crippen LogP contribution in [-0.2, 0) is 11.3 Å². The van der Waals surface area contributed by atoms with Crippen LogP contribution in [0.25, 0.3) is 0 Å². The maximum absolute atomic E-state index is 6.21. The Morgan fingerprint density at radius 1 is 1.24 bits per heavy atom. The van der Waals surface area contributed by atoms with Crippen LogP contribution in [0.15, 0.2) is 18.2 Å². The van der Waals surface area contributed by atoms with Crippen molar-refractivity contribution in [2.45, 2.75) is 58.0 Å². The number of benzene rings is 1. The van der Waals surface area contributed by atoms with Gasteiger partial charge in [0.05, 0.1) is 12.7 Å². The third-order valence-electron chi connectivity index (χ3n) is 3.87. The molecule has 1 atom stereocenters. The van der Waals surface area contributed by atoms with Gasteiger partial charge >= 0.3 is 0 Å². The molecule has 4 heteroatoms. The van der Waals surface area contributed by atoms with Gasteiger partial charge in [-0.3, -0.25) is 0 Å². The molecule has 118 valence electrons. The van der Waals surface area contributed by atoms with E-state index < -0.39 is 0 Å². The molecule has 1 aromatic carbocycles. The van der Waals surface area contributed by atoms with Crippen LogP contribution in [0.5, 0.6) is 11.5 Å². The van der Waals surface area contributed by atoms with E-state index in [9.17, 15) is 0 Å². The van der Waals surface area contributed by atoms with Crippen LogP contribution in [-0.4, -0.2) is 31.5 Å². The molecule has 1 heterocycles. The van der Waals surface area contributed by atoms with Crippen molar-refractivity contribution in [3.05, 3.63) is 23.8 Å². The van der Waals surface area contributed by atoms with Gasteiger partial charge in [-0.1, -0.05) is 6.07 Å². The van der Waals surface area contributed by atoms with Gasteiger partial charge in [0.25, 0.3) is 0 Å². The highest BCUT2D eigenvalue weighted by Crippen LogP contribution is 2.41. The van der Waals surface area contributed by atoms with E-state index in [2.05, 4.69) is 39.1 Å². The zero-order chi connectivity index (χ0) is 15.7. The molecule has 0 aromatic heterocycles. The molecular weight excluding hydrogens is 266 g/mol. The fourth-order valence-electron chi connectivity index (χ4n) is 2.97. The topological polar surface area (TPSA) is 39.7 Å². The lowest BCUT2D eigenvalue weighted by Crippen LogP contribution is -2.36. The van der Waals surface area contributed by atoms with E-state index >= 15 is 0 Å². The predicted octanol–water partition coefficient (Wildman–Crippen LogP) is 3.14. The van der Waals surface area contributed by atoms with Gasteiger partial charge in [-0.2, -0.15) is 0 Å². The van der Waals surface area contributed by atoms with Crippen LogP contribution >= 0.6 is 0 Å². The minimum Gasteiger partial charge on any atom is -0.493 e. The number of nitrogens with one attached hydrogen (secondary N) is 1. The molecule has 1 unspecified atom stereocenters. The summed E-state index contributed by atoms with van der Waals surface area (Å²) in [6, 6.07) is 6.05. The molecule has 1 N–H and O–H groups in total. The van der Waals surface area contributed by atoms with E-state index in [4.69, 9.17) is 14.2 Å². The molecule has 21 heavy (non-hydrogen) atoms. The minimum absolute atomic E-state index is 0.0107. The molecule has 1 aromatic rings. The lowest BCUT2D eigenvalue weighted by atomic mass is 9.97. The summed E-state index contributed by atoms with van der Waals surface area (Å²) in [5.41, 5.74) is 0.704.